The molecule has 4 N–H and O–H groups in total. The summed E-state index contributed by atoms with van der Waals surface area (Å²) in [5.41, 5.74) is 1.98. The van der Waals surface area contributed by atoms with Gasteiger partial charge in [-0.3, -0.25) is 10.1 Å². The summed E-state index contributed by atoms with van der Waals surface area (Å²) in [4.78, 5) is 23.7. The summed E-state index contributed by atoms with van der Waals surface area (Å²) in [7, 11) is 0. The van der Waals surface area contributed by atoms with Crippen molar-refractivity contribution in [2.24, 2.45) is 0 Å². The summed E-state index contributed by atoms with van der Waals surface area (Å²) in [5.74, 6) is 6.17. The first-order chi connectivity index (χ1) is 11.9. The standard InChI is InChI=1S/C16H20N6O2S/c1-9-3-5-11(6-4-9)13-20-21-16(22(13)17)25-10(2)14(23)19-15(24)18-12-7-8-12/h3-6,10,12H,7-8,17H2,1-2H3,(H2,18,19,23,24)/t10-/m1/s1. The molecule has 0 saturated heterocycles. The van der Waals surface area contributed by atoms with Crippen molar-refractivity contribution < 1.29 is 9.59 Å². The number of nitrogens with two attached hydrogens (primary N) is 1. The summed E-state index contributed by atoms with van der Waals surface area (Å²) in [5, 5.41) is 13.0. The Hall–Kier alpha value is -2.55. The molecule has 1 atom stereocenters. The Morgan fingerprint density at radius 2 is 1.96 bits per heavy atom. The number of rotatable bonds is 5. The van der Waals surface area contributed by atoms with E-state index in [2.05, 4.69) is 20.8 Å². The first kappa shape index (κ1) is 17.3. The molecular formula is C16H20N6O2S. The molecule has 0 bridgehead atoms. The van der Waals surface area contributed by atoms with E-state index in [-0.39, 0.29) is 6.04 Å². The van der Waals surface area contributed by atoms with Crippen LogP contribution in [0.3, 0.4) is 0 Å². The molecule has 8 nitrogen and oxygen atoms in total. The number of imide groups is 1. The zero-order valence-corrected chi connectivity index (χ0v) is 14.8. The maximum atomic E-state index is 12.1. The van der Waals surface area contributed by atoms with Gasteiger partial charge in [-0.15, -0.1) is 10.2 Å². The first-order valence-electron chi connectivity index (χ1n) is 7.99. The van der Waals surface area contributed by atoms with Crippen molar-refractivity contribution in [3.63, 3.8) is 0 Å². The summed E-state index contributed by atoms with van der Waals surface area (Å²) in [6.07, 6.45) is 1.92. The number of aryl methyl sites for hydroxylation is 1. The highest BCUT2D eigenvalue weighted by Gasteiger charge is 2.26. The van der Waals surface area contributed by atoms with Crippen molar-refractivity contribution in [3.8, 4) is 11.4 Å². The number of hydrogen-bond donors (Lipinski definition) is 3. The molecule has 0 spiro atoms. The normalized spacial score (nSPS) is 14.8. The molecule has 3 amide bonds. The SMILES string of the molecule is Cc1ccc(-c2nnc(S[C@H](C)C(=O)NC(=O)NC3CC3)n2N)cc1. The number of thioether (sulfide) groups is 1. The predicted octanol–water partition coefficient (Wildman–Crippen LogP) is 1.44. The average Bonchev–Trinajstić information content (AvgIpc) is 3.31. The Labute approximate surface area is 149 Å². The number of carbonyl (C=O) groups is 2. The van der Waals surface area contributed by atoms with Crippen LogP contribution >= 0.6 is 11.8 Å². The average molecular weight is 360 g/mol. The Bertz CT molecular complexity index is 784. The van der Waals surface area contributed by atoms with Crippen molar-refractivity contribution in [1.29, 1.82) is 0 Å². The maximum absolute atomic E-state index is 12.1. The molecule has 0 radical (unpaired) electrons. The Kier molecular flexibility index (Phi) is 4.93. The number of nitrogens with one attached hydrogen (secondary N) is 2. The van der Waals surface area contributed by atoms with Gasteiger partial charge >= 0.3 is 6.03 Å². The lowest BCUT2D eigenvalue weighted by atomic mass is 10.1. The maximum Gasteiger partial charge on any atom is 0.321 e. The van der Waals surface area contributed by atoms with E-state index in [4.69, 9.17) is 5.84 Å². The number of hydrogen-bond acceptors (Lipinski definition) is 6. The van der Waals surface area contributed by atoms with E-state index in [1.807, 2.05) is 31.2 Å². The lowest BCUT2D eigenvalue weighted by Gasteiger charge is -2.11. The van der Waals surface area contributed by atoms with Gasteiger partial charge < -0.3 is 11.2 Å². The van der Waals surface area contributed by atoms with E-state index in [0.717, 1.165) is 35.7 Å². The van der Waals surface area contributed by atoms with Crippen LogP contribution in [0.5, 0.6) is 0 Å². The minimum absolute atomic E-state index is 0.194. The van der Waals surface area contributed by atoms with Gasteiger partial charge in [0, 0.05) is 11.6 Å². The second kappa shape index (κ2) is 7.14. The Morgan fingerprint density at radius 3 is 2.60 bits per heavy atom. The minimum atomic E-state index is -0.540. The van der Waals surface area contributed by atoms with Gasteiger partial charge in [-0.25, -0.2) is 9.47 Å². The van der Waals surface area contributed by atoms with E-state index in [1.165, 1.54) is 4.68 Å². The summed E-state index contributed by atoms with van der Waals surface area (Å²) in [6.45, 7) is 3.68. The number of amides is 3. The minimum Gasteiger partial charge on any atom is -0.335 e. The van der Waals surface area contributed by atoms with Crippen LogP contribution in [0.15, 0.2) is 29.4 Å². The molecule has 9 heteroatoms. The third kappa shape index (κ3) is 4.30. The number of aromatic nitrogens is 3. The van der Waals surface area contributed by atoms with E-state index in [1.54, 1.807) is 6.92 Å². The van der Waals surface area contributed by atoms with E-state index < -0.39 is 17.2 Å². The monoisotopic (exact) mass is 360 g/mol. The van der Waals surface area contributed by atoms with Crippen LogP contribution in [0.4, 0.5) is 4.79 Å². The molecule has 0 aliphatic heterocycles. The molecule has 3 rings (SSSR count). The number of nitrogen functional groups attached to an aromatic ring is 1. The van der Waals surface area contributed by atoms with Gasteiger partial charge in [0.05, 0.1) is 5.25 Å². The van der Waals surface area contributed by atoms with Crippen molar-refractivity contribution in [2.45, 2.75) is 43.1 Å². The zero-order chi connectivity index (χ0) is 18.0. The van der Waals surface area contributed by atoms with Gasteiger partial charge in [-0.1, -0.05) is 41.6 Å². The van der Waals surface area contributed by atoms with Crippen LogP contribution in [0.1, 0.15) is 25.3 Å². The lowest BCUT2D eigenvalue weighted by Crippen LogP contribution is -2.43. The number of carbonyl (C=O) groups excluding carboxylic acids is 2. The topological polar surface area (TPSA) is 115 Å². The highest BCUT2D eigenvalue weighted by molar-refractivity contribution is 8.00. The van der Waals surface area contributed by atoms with E-state index in [9.17, 15) is 9.59 Å². The predicted molar refractivity (Wildman–Crippen MR) is 95.4 cm³/mol. The fraction of sp³-hybridized carbons (Fsp3) is 0.375. The molecule has 2 aromatic rings. The fourth-order valence-electron chi connectivity index (χ4n) is 2.13. The molecule has 1 fully saturated rings. The van der Waals surface area contributed by atoms with Crippen LogP contribution in [0.2, 0.25) is 0 Å². The largest absolute Gasteiger partial charge is 0.335 e. The van der Waals surface area contributed by atoms with Gasteiger partial charge in [0.25, 0.3) is 0 Å². The third-order valence-corrected chi connectivity index (χ3v) is 4.83. The summed E-state index contributed by atoms with van der Waals surface area (Å²) < 4.78 is 1.35. The lowest BCUT2D eigenvalue weighted by molar-refractivity contribution is -0.119. The smallest absolute Gasteiger partial charge is 0.321 e. The van der Waals surface area contributed by atoms with Gasteiger partial charge in [0.2, 0.25) is 11.1 Å². The Morgan fingerprint density at radius 1 is 1.28 bits per heavy atom. The van der Waals surface area contributed by atoms with Crippen LogP contribution in [0, 0.1) is 6.92 Å². The Balaban J connectivity index is 1.63. The molecule has 1 aromatic heterocycles. The fourth-order valence-corrected chi connectivity index (χ4v) is 2.90. The van der Waals surface area contributed by atoms with Gasteiger partial charge in [-0.2, -0.15) is 0 Å². The third-order valence-electron chi connectivity index (χ3n) is 3.78. The van der Waals surface area contributed by atoms with Gasteiger partial charge in [0.1, 0.15) is 0 Å². The number of benzene rings is 1. The second-order valence-electron chi connectivity index (χ2n) is 6.04. The van der Waals surface area contributed by atoms with Crippen LogP contribution in [0.25, 0.3) is 11.4 Å². The van der Waals surface area contributed by atoms with Crippen LogP contribution < -0.4 is 16.5 Å². The van der Waals surface area contributed by atoms with E-state index in [0.29, 0.717) is 11.0 Å². The first-order valence-corrected chi connectivity index (χ1v) is 8.87. The molecule has 25 heavy (non-hydrogen) atoms. The number of nitrogens with zero attached hydrogens (tertiary/aromatic N) is 3. The second-order valence-corrected chi connectivity index (χ2v) is 7.35. The van der Waals surface area contributed by atoms with Gasteiger partial charge in [0.15, 0.2) is 5.82 Å². The molecule has 1 aromatic carbocycles. The molecule has 1 aliphatic carbocycles. The van der Waals surface area contributed by atoms with E-state index >= 15 is 0 Å². The van der Waals surface area contributed by atoms with Crippen LogP contribution in [-0.4, -0.2) is 38.1 Å². The highest BCUT2D eigenvalue weighted by atomic mass is 32.2. The van der Waals surface area contributed by atoms with Crippen molar-refractivity contribution in [3.05, 3.63) is 29.8 Å². The van der Waals surface area contributed by atoms with Crippen molar-refractivity contribution in [2.75, 3.05) is 5.84 Å². The molecular weight excluding hydrogens is 340 g/mol. The quantitative estimate of drug-likeness (QED) is 0.549. The zero-order valence-electron chi connectivity index (χ0n) is 14.0. The summed E-state index contributed by atoms with van der Waals surface area (Å²) in [6, 6.07) is 7.48. The molecule has 132 valence electrons. The highest BCUT2D eigenvalue weighted by Crippen LogP contribution is 2.25. The van der Waals surface area contributed by atoms with Gasteiger partial charge in [-0.05, 0) is 26.7 Å². The van der Waals surface area contributed by atoms with Crippen molar-refractivity contribution >= 4 is 23.7 Å². The molecule has 1 saturated carbocycles. The number of urea groups is 1. The summed E-state index contributed by atoms with van der Waals surface area (Å²) >= 11 is 1.15. The molecule has 0 unspecified atom stereocenters. The van der Waals surface area contributed by atoms with Crippen molar-refractivity contribution in [1.82, 2.24) is 25.5 Å². The van der Waals surface area contributed by atoms with Crippen LogP contribution in [-0.2, 0) is 4.79 Å². The molecule has 1 aliphatic rings. The molecule has 1 heterocycles.